The van der Waals surface area contributed by atoms with Crippen LogP contribution in [0, 0.1) is 17.8 Å². The van der Waals surface area contributed by atoms with E-state index < -0.39 is 50.6 Å². The Morgan fingerprint density at radius 3 is 2.65 bits per heavy atom. The van der Waals surface area contributed by atoms with E-state index in [9.17, 15) is 27.9 Å². The van der Waals surface area contributed by atoms with Gasteiger partial charge in [-0.25, -0.2) is 8.42 Å². The van der Waals surface area contributed by atoms with Crippen LogP contribution in [0.15, 0.2) is 12.2 Å². The molecule has 3 N–H and O–H groups in total. The van der Waals surface area contributed by atoms with Crippen molar-refractivity contribution < 1.29 is 27.9 Å². The fourth-order valence-corrected chi connectivity index (χ4v) is 6.18. The SMILES string of the molecule is CN1CCCC/C=C\[C@H]2C[C@@]2(C(=O)NS(=O)(=O)C2CC2)NC(=O)[C@@H]2C[C@H](O)C[C@H]2C1=O. The molecule has 31 heavy (non-hydrogen) atoms. The van der Waals surface area contributed by atoms with E-state index in [0.29, 0.717) is 25.8 Å². The number of hydrogen-bond donors (Lipinski definition) is 3. The molecule has 0 saturated heterocycles. The molecular weight excluding hydrogens is 422 g/mol. The van der Waals surface area contributed by atoms with Crippen LogP contribution in [-0.4, -0.2) is 66.6 Å². The Morgan fingerprint density at radius 2 is 1.94 bits per heavy atom. The third-order valence-corrected chi connectivity index (χ3v) is 8.83. The van der Waals surface area contributed by atoms with E-state index in [1.807, 2.05) is 12.2 Å². The molecule has 0 unspecified atom stereocenters. The Morgan fingerprint density at radius 1 is 1.23 bits per heavy atom. The third-order valence-electron chi connectivity index (χ3n) is 7.01. The van der Waals surface area contributed by atoms with Gasteiger partial charge in [0.15, 0.2) is 0 Å². The second-order valence-corrected chi connectivity index (χ2v) is 11.4. The number of amides is 3. The van der Waals surface area contributed by atoms with Crippen molar-refractivity contribution in [3.05, 3.63) is 12.2 Å². The maximum Gasteiger partial charge on any atom is 0.259 e. The molecule has 0 aromatic rings. The lowest BCUT2D eigenvalue weighted by Crippen LogP contribution is -2.54. The van der Waals surface area contributed by atoms with Gasteiger partial charge in [0.05, 0.1) is 23.2 Å². The standard InChI is InChI=1S/C21H31N3O6S/c1-24-9-5-3-2-4-6-13-12-21(13,20(28)23-31(29,30)15-7-8-15)22-18(26)16-10-14(25)11-17(16)19(24)27/h4,6,13-17,25H,2-3,5,7-12H2,1H3,(H,22,26)(H,23,28)/b6-4-/t13-,14-,16+,17+,21+/m0/s1. The first-order valence-corrected chi connectivity index (χ1v) is 12.7. The fourth-order valence-electron chi connectivity index (χ4n) is 4.81. The topological polar surface area (TPSA) is 133 Å². The number of nitrogens with one attached hydrogen (secondary N) is 2. The minimum Gasteiger partial charge on any atom is -0.393 e. The average molecular weight is 454 g/mol. The first kappa shape index (κ1) is 22.3. The van der Waals surface area contributed by atoms with Crippen LogP contribution in [0.5, 0.6) is 0 Å². The fraction of sp³-hybridized carbons (Fsp3) is 0.762. The molecule has 1 aliphatic heterocycles. The average Bonchev–Trinajstić information content (AvgIpc) is 3.61. The Labute approximate surface area is 182 Å². The summed E-state index contributed by atoms with van der Waals surface area (Å²) in [5.74, 6) is -3.06. The van der Waals surface area contributed by atoms with Gasteiger partial charge in [-0.3, -0.25) is 19.1 Å². The van der Waals surface area contributed by atoms with Crippen LogP contribution >= 0.6 is 0 Å². The van der Waals surface area contributed by atoms with Crippen molar-refractivity contribution in [1.29, 1.82) is 0 Å². The lowest BCUT2D eigenvalue weighted by Gasteiger charge is -2.26. The molecule has 1 heterocycles. The van der Waals surface area contributed by atoms with Crippen molar-refractivity contribution in [3.63, 3.8) is 0 Å². The van der Waals surface area contributed by atoms with Crippen molar-refractivity contribution in [3.8, 4) is 0 Å². The molecule has 0 spiro atoms. The molecule has 9 nitrogen and oxygen atoms in total. The van der Waals surface area contributed by atoms with E-state index in [-0.39, 0.29) is 24.7 Å². The zero-order valence-corrected chi connectivity index (χ0v) is 18.6. The van der Waals surface area contributed by atoms with Crippen molar-refractivity contribution in [2.45, 2.75) is 68.3 Å². The van der Waals surface area contributed by atoms with Gasteiger partial charge in [-0.05, 0) is 51.4 Å². The van der Waals surface area contributed by atoms with Crippen LogP contribution in [0.3, 0.4) is 0 Å². The van der Waals surface area contributed by atoms with Crippen LogP contribution < -0.4 is 10.0 Å². The second kappa shape index (κ2) is 8.20. The highest BCUT2D eigenvalue weighted by Gasteiger charge is 2.62. The number of aliphatic hydroxyl groups is 1. The second-order valence-electron chi connectivity index (χ2n) is 9.47. The van der Waals surface area contributed by atoms with Crippen molar-refractivity contribution >= 4 is 27.7 Å². The zero-order chi connectivity index (χ0) is 22.4. The first-order valence-electron chi connectivity index (χ1n) is 11.1. The minimum atomic E-state index is -3.74. The van der Waals surface area contributed by atoms with Crippen molar-refractivity contribution in [2.24, 2.45) is 17.8 Å². The first-order chi connectivity index (χ1) is 14.6. The number of sulfonamides is 1. The number of carbonyl (C=O) groups is 3. The van der Waals surface area contributed by atoms with E-state index in [4.69, 9.17) is 0 Å². The van der Waals surface area contributed by atoms with Crippen LogP contribution in [-0.2, 0) is 24.4 Å². The number of rotatable bonds is 3. The maximum atomic E-state index is 13.2. The molecular formula is C21H31N3O6S. The molecule has 172 valence electrons. The smallest absolute Gasteiger partial charge is 0.259 e. The van der Waals surface area contributed by atoms with E-state index in [2.05, 4.69) is 10.0 Å². The zero-order valence-electron chi connectivity index (χ0n) is 17.7. The molecule has 3 amide bonds. The number of hydrogen-bond acceptors (Lipinski definition) is 6. The number of fused-ring (bicyclic) bond motifs is 2. The van der Waals surface area contributed by atoms with Crippen molar-refractivity contribution in [1.82, 2.24) is 14.9 Å². The molecule has 0 aromatic carbocycles. The molecule has 0 radical (unpaired) electrons. The lowest BCUT2D eigenvalue weighted by molar-refractivity contribution is -0.140. The van der Waals surface area contributed by atoms with Crippen LogP contribution in [0.4, 0.5) is 0 Å². The Hall–Kier alpha value is -1.94. The normalized spacial score (nSPS) is 37.8. The summed E-state index contributed by atoms with van der Waals surface area (Å²) in [6.07, 6.45) is 7.27. The van der Waals surface area contributed by atoms with Gasteiger partial charge in [-0.2, -0.15) is 0 Å². The maximum absolute atomic E-state index is 13.2. The highest BCUT2D eigenvalue weighted by atomic mass is 32.2. The molecule has 10 heteroatoms. The van der Waals surface area contributed by atoms with E-state index in [1.54, 1.807) is 11.9 Å². The molecule has 4 rings (SSSR count). The van der Waals surface area contributed by atoms with Gasteiger partial charge in [0.1, 0.15) is 5.54 Å². The van der Waals surface area contributed by atoms with Gasteiger partial charge in [0.2, 0.25) is 21.8 Å². The predicted molar refractivity (Wildman–Crippen MR) is 112 cm³/mol. The van der Waals surface area contributed by atoms with Gasteiger partial charge in [0.25, 0.3) is 5.91 Å². The van der Waals surface area contributed by atoms with Gasteiger partial charge < -0.3 is 15.3 Å². The number of nitrogens with zero attached hydrogens (tertiary/aromatic N) is 1. The van der Waals surface area contributed by atoms with Gasteiger partial charge in [-0.15, -0.1) is 0 Å². The lowest BCUT2D eigenvalue weighted by atomic mass is 9.93. The molecule has 3 aliphatic carbocycles. The summed E-state index contributed by atoms with van der Waals surface area (Å²) in [4.78, 5) is 40.7. The van der Waals surface area contributed by atoms with Crippen molar-refractivity contribution in [2.75, 3.05) is 13.6 Å². The van der Waals surface area contributed by atoms with Crippen LogP contribution in [0.1, 0.15) is 51.4 Å². The van der Waals surface area contributed by atoms with Gasteiger partial charge in [-0.1, -0.05) is 12.2 Å². The van der Waals surface area contributed by atoms with E-state index in [0.717, 1.165) is 19.3 Å². The molecule has 0 aromatic heterocycles. The molecule has 3 fully saturated rings. The molecule has 3 saturated carbocycles. The largest absolute Gasteiger partial charge is 0.393 e. The third kappa shape index (κ3) is 4.50. The predicted octanol–water partition coefficient (Wildman–Crippen LogP) is 0.0553. The Bertz CT molecular complexity index is 899. The van der Waals surface area contributed by atoms with Gasteiger partial charge in [0, 0.05) is 19.5 Å². The Balaban J connectivity index is 1.58. The monoisotopic (exact) mass is 453 g/mol. The Kier molecular flexibility index (Phi) is 5.89. The van der Waals surface area contributed by atoms with E-state index >= 15 is 0 Å². The summed E-state index contributed by atoms with van der Waals surface area (Å²) in [6, 6.07) is 0. The molecule has 0 bridgehead atoms. The highest BCUT2D eigenvalue weighted by Crippen LogP contribution is 2.46. The summed E-state index contributed by atoms with van der Waals surface area (Å²) in [6.45, 7) is 0.586. The summed E-state index contributed by atoms with van der Waals surface area (Å²) < 4.78 is 26.8. The van der Waals surface area contributed by atoms with Gasteiger partial charge >= 0.3 is 0 Å². The minimum absolute atomic E-state index is 0.147. The summed E-state index contributed by atoms with van der Waals surface area (Å²) in [5, 5.41) is 12.4. The molecule has 4 aliphatic rings. The summed E-state index contributed by atoms with van der Waals surface area (Å²) in [7, 11) is -2.04. The highest BCUT2D eigenvalue weighted by molar-refractivity contribution is 7.91. The summed E-state index contributed by atoms with van der Waals surface area (Å²) in [5.41, 5.74) is -1.33. The number of aliphatic hydroxyl groups excluding tert-OH is 1. The molecule has 5 atom stereocenters. The van der Waals surface area contributed by atoms with E-state index in [1.165, 1.54) is 0 Å². The number of allylic oxidation sites excluding steroid dienone is 1. The van der Waals surface area contributed by atoms with Crippen LogP contribution in [0.25, 0.3) is 0 Å². The number of carbonyl (C=O) groups excluding carboxylic acids is 3. The van der Waals surface area contributed by atoms with Crippen LogP contribution in [0.2, 0.25) is 0 Å². The summed E-state index contributed by atoms with van der Waals surface area (Å²) >= 11 is 0. The quantitative estimate of drug-likeness (QED) is 0.518.